The Morgan fingerprint density at radius 1 is 1.14 bits per heavy atom. The highest BCUT2D eigenvalue weighted by atomic mass is 32.1. The summed E-state index contributed by atoms with van der Waals surface area (Å²) in [7, 11) is 0. The van der Waals surface area contributed by atoms with Gasteiger partial charge in [0.05, 0.1) is 5.69 Å². The molecule has 3 rings (SSSR count). The van der Waals surface area contributed by atoms with Gasteiger partial charge in [-0.15, -0.1) is 12.6 Å². The van der Waals surface area contributed by atoms with Gasteiger partial charge in [-0.3, -0.25) is 4.98 Å². The molecule has 0 fully saturated rings. The van der Waals surface area contributed by atoms with Crippen molar-refractivity contribution in [2.45, 2.75) is 11.3 Å². The largest absolute Gasteiger partial charge is 0.260 e. The van der Waals surface area contributed by atoms with Crippen LogP contribution in [0.2, 0.25) is 0 Å². The summed E-state index contributed by atoms with van der Waals surface area (Å²) in [6.45, 7) is 0. The number of fused-ring (bicyclic) bond motifs is 3. The van der Waals surface area contributed by atoms with Crippen LogP contribution in [0.25, 0.3) is 11.1 Å². The molecule has 1 nitrogen and oxygen atoms in total. The Morgan fingerprint density at radius 3 is 3.00 bits per heavy atom. The van der Waals surface area contributed by atoms with Gasteiger partial charge in [0.25, 0.3) is 0 Å². The van der Waals surface area contributed by atoms with Crippen molar-refractivity contribution in [3.05, 3.63) is 47.8 Å². The predicted octanol–water partition coefficient (Wildman–Crippen LogP) is 2.94. The Kier molecular flexibility index (Phi) is 1.64. The molecule has 0 atom stereocenters. The van der Waals surface area contributed by atoms with Crippen molar-refractivity contribution in [3.8, 4) is 11.1 Å². The van der Waals surface area contributed by atoms with Crippen LogP contribution in [-0.2, 0) is 6.42 Å². The zero-order valence-electron chi connectivity index (χ0n) is 7.57. The van der Waals surface area contributed by atoms with Gasteiger partial charge in [-0.05, 0) is 29.3 Å². The molecule has 0 saturated carbocycles. The van der Waals surface area contributed by atoms with E-state index < -0.39 is 0 Å². The van der Waals surface area contributed by atoms with E-state index in [4.69, 9.17) is 0 Å². The van der Waals surface area contributed by atoms with Crippen LogP contribution in [-0.4, -0.2) is 4.98 Å². The Hall–Kier alpha value is -1.28. The first-order chi connectivity index (χ1) is 6.84. The van der Waals surface area contributed by atoms with Gasteiger partial charge in [-0.1, -0.05) is 12.1 Å². The monoisotopic (exact) mass is 199 g/mol. The first kappa shape index (κ1) is 8.06. The van der Waals surface area contributed by atoms with Crippen LogP contribution in [0.1, 0.15) is 11.3 Å². The molecular weight excluding hydrogens is 190 g/mol. The SMILES string of the molecule is Sc1ccc2c(c1)-c1cccnc1C2. The zero-order chi connectivity index (χ0) is 9.54. The van der Waals surface area contributed by atoms with Crippen LogP contribution < -0.4 is 0 Å². The fraction of sp³-hybridized carbons (Fsp3) is 0.0833. The van der Waals surface area contributed by atoms with Crippen LogP contribution in [0.3, 0.4) is 0 Å². The number of nitrogens with zero attached hydrogens (tertiary/aromatic N) is 1. The maximum Gasteiger partial charge on any atom is 0.0525 e. The minimum Gasteiger partial charge on any atom is -0.260 e. The molecule has 1 aromatic heterocycles. The molecule has 0 saturated heterocycles. The van der Waals surface area contributed by atoms with Crippen LogP contribution in [0.5, 0.6) is 0 Å². The van der Waals surface area contributed by atoms with Crippen molar-refractivity contribution in [1.82, 2.24) is 4.98 Å². The summed E-state index contributed by atoms with van der Waals surface area (Å²) in [6.07, 6.45) is 2.81. The summed E-state index contributed by atoms with van der Waals surface area (Å²) in [6, 6.07) is 10.4. The van der Waals surface area contributed by atoms with Gasteiger partial charge in [-0.25, -0.2) is 0 Å². The van der Waals surface area contributed by atoms with Crippen molar-refractivity contribution < 1.29 is 0 Å². The smallest absolute Gasteiger partial charge is 0.0525 e. The minimum atomic E-state index is 0.958. The average Bonchev–Trinajstić information content (AvgIpc) is 2.56. The molecule has 14 heavy (non-hydrogen) atoms. The third kappa shape index (κ3) is 1.07. The van der Waals surface area contributed by atoms with Crippen molar-refractivity contribution in [3.63, 3.8) is 0 Å². The van der Waals surface area contributed by atoms with Crippen molar-refractivity contribution in [2.24, 2.45) is 0 Å². The van der Waals surface area contributed by atoms with E-state index in [9.17, 15) is 0 Å². The topological polar surface area (TPSA) is 12.9 Å². The van der Waals surface area contributed by atoms with Crippen LogP contribution in [0, 0.1) is 0 Å². The molecule has 0 amide bonds. The van der Waals surface area contributed by atoms with Crippen LogP contribution >= 0.6 is 12.6 Å². The summed E-state index contributed by atoms with van der Waals surface area (Å²) >= 11 is 4.35. The van der Waals surface area contributed by atoms with Crippen LogP contribution in [0.4, 0.5) is 0 Å². The van der Waals surface area contributed by atoms with Gasteiger partial charge >= 0.3 is 0 Å². The van der Waals surface area contributed by atoms with Gasteiger partial charge in [-0.2, -0.15) is 0 Å². The molecule has 68 valence electrons. The van der Waals surface area contributed by atoms with E-state index in [2.05, 4.69) is 35.8 Å². The maximum atomic E-state index is 4.38. The van der Waals surface area contributed by atoms with Crippen molar-refractivity contribution in [1.29, 1.82) is 0 Å². The molecule has 0 bridgehead atoms. The number of benzene rings is 1. The number of hydrogen-bond donors (Lipinski definition) is 1. The summed E-state index contributed by atoms with van der Waals surface area (Å²) < 4.78 is 0. The Balaban J connectivity index is 2.30. The third-order valence-corrected chi connectivity index (χ3v) is 2.91. The fourth-order valence-electron chi connectivity index (χ4n) is 1.97. The lowest BCUT2D eigenvalue weighted by Crippen LogP contribution is -1.83. The highest BCUT2D eigenvalue weighted by molar-refractivity contribution is 7.80. The molecule has 1 aliphatic rings. The number of hydrogen-bond acceptors (Lipinski definition) is 2. The van der Waals surface area contributed by atoms with Gasteiger partial charge < -0.3 is 0 Å². The first-order valence-corrected chi connectivity index (χ1v) is 5.05. The van der Waals surface area contributed by atoms with Gasteiger partial charge in [0, 0.05) is 23.1 Å². The number of rotatable bonds is 0. The molecule has 1 aliphatic carbocycles. The van der Waals surface area contributed by atoms with E-state index in [1.54, 1.807) is 0 Å². The average molecular weight is 199 g/mol. The summed E-state index contributed by atoms with van der Waals surface area (Å²) in [5.74, 6) is 0. The molecule has 0 aliphatic heterocycles. The maximum absolute atomic E-state index is 4.38. The highest BCUT2D eigenvalue weighted by Gasteiger charge is 2.18. The molecule has 0 spiro atoms. The Bertz CT molecular complexity index is 505. The number of pyridine rings is 1. The molecule has 0 radical (unpaired) electrons. The van der Waals surface area contributed by atoms with E-state index in [1.165, 1.54) is 22.4 Å². The molecule has 2 heteroatoms. The number of thiol groups is 1. The summed E-state index contributed by atoms with van der Waals surface area (Å²) in [5, 5.41) is 0. The van der Waals surface area contributed by atoms with E-state index >= 15 is 0 Å². The molecule has 2 aromatic rings. The lowest BCUT2D eigenvalue weighted by molar-refractivity contribution is 1.12. The normalized spacial score (nSPS) is 12.4. The Labute approximate surface area is 88.2 Å². The molecule has 1 heterocycles. The number of aromatic nitrogens is 1. The van der Waals surface area contributed by atoms with E-state index in [-0.39, 0.29) is 0 Å². The highest BCUT2D eigenvalue weighted by Crippen LogP contribution is 2.36. The lowest BCUT2D eigenvalue weighted by Gasteiger charge is -2.00. The molecule has 0 N–H and O–H groups in total. The predicted molar refractivity (Wildman–Crippen MR) is 59.7 cm³/mol. The second-order valence-corrected chi connectivity index (χ2v) is 4.03. The standard InChI is InChI=1S/C12H9NS/c14-9-4-3-8-6-12-10(11(8)7-9)2-1-5-13-12/h1-5,7,14H,6H2. The zero-order valence-corrected chi connectivity index (χ0v) is 8.46. The van der Waals surface area contributed by atoms with Gasteiger partial charge in [0.2, 0.25) is 0 Å². The molecular formula is C12H9NS. The van der Waals surface area contributed by atoms with Gasteiger partial charge in [0.1, 0.15) is 0 Å². The second kappa shape index (κ2) is 2.85. The van der Waals surface area contributed by atoms with Crippen molar-refractivity contribution >= 4 is 12.6 Å². The third-order valence-electron chi connectivity index (χ3n) is 2.63. The van der Waals surface area contributed by atoms with E-state index in [0.717, 1.165) is 11.3 Å². The quantitative estimate of drug-likeness (QED) is 0.549. The summed E-state index contributed by atoms with van der Waals surface area (Å²) in [5.41, 5.74) is 5.09. The minimum absolute atomic E-state index is 0.958. The molecule has 0 unspecified atom stereocenters. The summed E-state index contributed by atoms with van der Waals surface area (Å²) in [4.78, 5) is 5.39. The van der Waals surface area contributed by atoms with Gasteiger partial charge in [0.15, 0.2) is 0 Å². The lowest BCUT2D eigenvalue weighted by atomic mass is 10.1. The van der Waals surface area contributed by atoms with Crippen molar-refractivity contribution in [2.75, 3.05) is 0 Å². The van der Waals surface area contributed by atoms with Crippen LogP contribution in [0.15, 0.2) is 41.4 Å². The Morgan fingerprint density at radius 2 is 2.07 bits per heavy atom. The fourth-order valence-corrected chi connectivity index (χ4v) is 2.18. The first-order valence-electron chi connectivity index (χ1n) is 4.61. The van der Waals surface area contributed by atoms with E-state index in [0.29, 0.717) is 0 Å². The molecule has 1 aromatic carbocycles. The second-order valence-electron chi connectivity index (χ2n) is 3.52. The van der Waals surface area contributed by atoms with E-state index in [1.807, 2.05) is 18.3 Å².